The number of fused-ring (bicyclic) bond motifs is 1. The average Bonchev–Trinajstić information content (AvgIpc) is 2.56. The SMILES string of the molecule is CCNc1nc2ccccc2nc1Nc1cccc(N(C)O)c1. The van der Waals surface area contributed by atoms with Crippen LogP contribution in [0.25, 0.3) is 11.0 Å². The molecule has 118 valence electrons. The molecule has 23 heavy (non-hydrogen) atoms. The van der Waals surface area contributed by atoms with Crippen LogP contribution in [0.1, 0.15) is 6.92 Å². The van der Waals surface area contributed by atoms with Gasteiger partial charge in [0.05, 0.1) is 16.7 Å². The number of anilines is 4. The first kappa shape index (κ1) is 15.1. The van der Waals surface area contributed by atoms with E-state index in [-0.39, 0.29) is 0 Å². The van der Waals surface area contributed by atoms with E-state index < -0.39 is 0 Å². The molecule has 0 bridgehead atoms. The molecule has 0 aliphatic carbocycles. The Balaban J connectivity index is 2.00. The lowest BCUT2D eigenvalue weighted by Gasteiger charge is -2.15. The molecule has 0 radical (unpaired) electrons. The second kappa shape index (κ2) is 6.50. The average molecular weight is 309 g/mol. The summed E-state index contributed by atoms with van der Waals surface area (Å²) in [4.78, 5) is 9.27. The highest BCUT2D eigenvalue weighted by atomic mass is 16.5. The zero-order chi connectivity index (χ0) is 16.2. The summed E-state index contributed by atoms with van der Waals surface area (Å²) in [7, 11) is 1.58. The van der Waals surface area contributed by atoms with Gasteiger partial charge in [0.2, 0.25) is 0 Å². The number of hydrogen-bond donors (Lipinski definition) is 3. The predicted molar refractivity (Wildman–Crippen MR) is 93.6 cm³/mol. The Morgan fingerprint density at radius 3 is 2.35 bits per heavy atom. The van der Waals surface area contributed by atoms with Crippen LogP contribution >= 0.6 is 0 Å². The zero-order valence-corrected chi connectivity index (χ0v) is 13.1. The maximum absolute atomic E-state index is 9.56. The summed E-state index contributed by atoms with van der Waals surface area (Å²) in [5, 5.41) is 17.1. The van der Waals surface area contributed by atoms with Gasteiger partial charge in [0.1, 0.15) is 0 Å². The van der Waals surface area contributed by atoms with Crippen LogP contribution in [-0.2, 0) is 0 Å². The molecule has 0 saturated heterocycles. The number of nitrogens with zero attached hydrogens (tertiary/aromatic N) is 3. The second-order valence-electron chi connectivity index (χ2n) is 5.14. The molecule has 0 amide bonds. The van der Waals surface area contributed by atoms with Gasteiger partial charge in [0, 0.05) is 19.3 Å². The van der Waals surface area contributed by atoms with Crippen LogP contribution in [0.2, 0.25) is 0 Å². The highest BCUT2D eigenvalue weighted by Crippen LogP contribution is 2.26. The molecule has 0 unspecified atom stereocenters. The lowest BCUT2D eigenvalue weighted by molar-refractivity contribution is 0.279. The van der Waals surface area contributed by atoms with Crippen molar-refractivity contribution in [2.45, 2.75) is 6.92 Å². The van der Waals surface area contributed by atoms with Crippen LogP contribution in [0.15, 0.2) is 48.5 Å². The van der Waals surface area contributed by atoms with Crippen LogP contribution in [0.4, 0.5) is 23.0 Å². The summed E-state index contributed by atoms with van der Waals surface area (Å²) in [5.74, 6) is 1.36. The van der Waals surface area contributed by atoms with Crippen molar-refractivity contribution in [3.8, 4) is 0 Å². The summed E-state index contributed by atoms with van der Waals surface area (Å²) in [6, 6.07) is 15.2. The Morgan fingerprint density at radius 2 is 1.70 bits per heavy atom. The molecule has 1 heterocycles. The number of aromatic nitrogens is 2. The standard InChI is InChI=1S/C17H19N5O/c1-3-18-16-17(21-15-10-5-4-9-14(15)20-16)19-12-7-6-8-13(11-12)22(2)23/h4-11,23H,3H2,1-2H3,(H,18,20)(H,19,21). The fourth-order valence-electron chi connectivity index (χ4n) is 2.30. The minimum Gasteiger partial charge on any atom is -0.367 e. The molecule has 2 aromatic carbocycles. The molecule has 1 aromatic heterocycles. The van der Waals surface area contributed by atoms with E-state index in [0.717, 1.165) is 28.3 Å². The van der Waals surface area contributed by atoms with Crippen LogP contribution < -0.4 is 15.7 Å². The van der Waals surface area contributed by atoms with E-state index in [1.165, 1.54) is 0 Å². The van der Waals surface area contributed by atoms with Crippen molar-refractivity contribution in [1.29, 1.82) is 0 Å². The van der Waals surface area contributed by atoms with Crippen molar-refractivity contribution in [3.05, 3.63) is 48.5 Å². The van der Waals surface area contributed by atoms with Crippen molar-refractivity contribution in [3.63, 3.8) is 0 Å². The van der Waals surface area contributed by atoms with Crippen molar-refractivity contribution < 1.29 is 5.21 Å². The summed E-state index contributed by atoms with van der Waals surface area (Å²) in [5.41, 5.74) is 3.19. The molecule has 0 aliphatic heterocycles. The normalized spacial score (nSPS) is 10.6. The Kier molecular flexibility index (Phi) is 4.25. The first-order valence-electron chi connectivity index (χ1n) is 7.47. The third-order valence-corrected chi connectivity index (χ3v) is 3.40. The van der Waals surface area contributed by atoms with Crippen molar-refractivity contribution in [2.24, 2.45) is 0 Å². The topological polar surface area (TPSA) is 73.3 Å². The van der Waals surface area contributed by atoms with Crippen LogP contribution in [0, 0.1) is 0 Å². The Hall–Kier alpha value is -2.86. The van der Waals surface area contributed by atoms with Gasteiger partial charge in [-0.1, -0.05) is 18.2 Å². The molecule has 0 saturated carbocycles. The molecule has 3 N–H and O–H groups in total. The second-order valence-corrected chi connectivity index (χ2v) is 5.14. The van der Waals surface area contributed by atoms with Crippen LogP contribution in [0.5, 0.6) is 0 Å². The van der Waals surface area contributed by atoms with E-state index in [9.17, 15) is 5.21 Å². The minimum absolute atomic E-state index is 0.656. The highest BCUT2D eigenvalue weighted by molar-refractivity contribution is 5.82. The molecule has 0 aliphatic rings. The number of rotatable bonds is 5. The zero-order valence-electron chi connectivity index (χ0n) is 13.1. The first-order chi connectivity index (χ1) is 11.2. The lowest BCUT2D eigenvalue weighted by Crippen LogP contribution is -2.10. The molecular weight excluding hydrogens is 290 g/mol. The van der Waals surface area contributed by atoms with Gasteiger partial charge in [0.15, 0.2) is 11.6 Å². The molecule has 6 nitrogen and oxygen atoms in total. The van der Waals surface area contributed by atoms with E-state index >= 15 is 0 Å². The third kappa shape index (κ3) is 3.32. The van der Waals surface area contributed by atoms with Crippen LogP contribution in [0.3, 0.4) is 0 Å². The Morgan fingerprint density at radius 1 is 1.00 bits per heavy atom. The van der Waals surface area contributed by atoms with Crippen molar-refractivity contribution >= 4 is 34.0 Å². The Labute approximate surface area is 134 Å². The number of benzene rings is 2. The molecular formula is C17H19N5O. The third-order valence-electron chi connectivity index (χ3n) is 3.40. The summed E-state index contributed by atoms with van der Waals surface area (Å²) >= 11 is 0. The van der Waals surface area contributed by atoms with Gasteiger partial charge in [0.25, 0.3) is 0 Å². The molecule has 0 fully saturated rings. The number of hydroxylamine groups is 1. The van der Waals surface area contributed by atoms with Gasteiger partial charge in [-0.3, -0.25) is 10.3 Å². The van der Waals surface area contributed by atoms with Gasteiger partial charge < -0.3 is 10.6 Å². The number of para-hydroxylation sites is 2. The van der Waals surface area contributed by atoms with E-state index in [2.05, 4.69) is 20.6 Å². The van der Waals surface area contributed by atoms with E-state index in [4.69, 9.17) is 0 Å². The highest BCUT2D eigenvalue weighted by Gasteiger charge is 2.09. The molecule has 3 aromatic rings. The summed E-state index contributed by atoms with van der Waals surface area (Å²) < 4.78 is 0. The quantitative estimate of drug-likeness (QED) is 0.625. The molecule has 0 atom stereocenters. The van der Waals surface area contributed by atoms with E-state index in [0.29, 0.717) is 17.3 Å². The van der Waals surface area contributed by atoms with Gasteiger partial charge in [-0.2, -0.15) is 0 Å². The largest absolute Gasteiger partial charge is 0.367 e. The van der Waals surface area contributed by atoms with Gasteiger partial charge in [-0.15, -0.1) is 0 Å². The van der Waals surface area contributed by atoms with E-state index in [1.54, 1.807) is 7.05 Å². The lowest BCUT2D eigenvalue weighted by atomic mass is 10.2. The smallest absolute Gasteiger partial charge is 0.174 e. The number of nitrogens with one attached hydrogen (secondary N) is 2. The van der Waals surface area contributed by atoms with Crippen molar-refractivity contribution in [1.82, 2.24) is 9.97 Å². The number of hydrogen-bond acceptors (Lipinski definition) is 6. The maximum Gasteiger partial charge on any atom is 0.174 e. The fraction of sp³-hybridized carbons (Fsp3) is 0.176. The monoisotopic (exact) mass is 309 g/mol. The predicted octanol–water partition coefficient (Wildman–Crippen LogP) is 3.63. The molecule has 3 rings (SSSR count). The van der Waals surface area contributed by atoms with Gasteiger partial charge in [-0.25, -0.2) is 9.97 Å². The summed E-state index contributed by atoms with van der Waals surface area (Å²) in [6.45, 7) is 2.77. The maximum atomic E-state index is 9.56. The Bertz CT molecular complexity index is 819. The fourth-order valence-corrected chi connectivity index (χ4v) is 2.30. The summed E-state index contributed by atoms with van der Waals surface area (Å²) in [6.07, 6.45) is 0. The molecule has 0 spiro atoms. The van der Waals surface area contributed by atoms with Crippen molar-refractivity contribution in [2.75, 3.05) is 29.3 Å². The first-order valence-corrected chi connectivity index (χ1v) is 7.47. The van der Waals surface area contributed by atoms with Gasteiger partial charge in [-0.05, 0) is 37.3 Å². The van der Waals surface area contributed by atoms with E-state index in [1.807, 2.05) is 55.5 Å². The minimum atomic E-state index is 0.656. The van der Waals surface area contributed by atoms with Crippen LogP contribution in [-0.4, -0.2) is 28.8 Å². The molecule has 6 heteroatoms. The van der Waals surface area contributed by atoms with Gasteiger partial charge >= 0.3 is 0 Å².